The summed E-state index contributed by atoms with van der Waals surface area (Å²) in [7, 11) is 0. The highest BCUT2D eigenvalue weighted by atomic mass is 16.2. The smallest absolute Gasteiger partial charge is 0.224 e. The van der Waals surface area contributed by atoms with Gasteiger partial charge in [-0.3, -0.25) is 9.69 Å². The van der Waals surface area contributed by atoms with Gasteiger partial charge in [0.05, 0.1) is 5.92 Å². The average Bonchev–Trinajstić information content (AvgIpc) is 2.58. The number of carbonyl (C=O) groups is 1. The fourth-order valence-electron chi connectivity index (χ4n) is 2.61. The lowest BCUT2D eigenvalue weighted by Crippen LogP contribution is -2.46. The molecule has 0 bridgehead atoms. The zero-order chi connectivity index (χ0) is 9.97. The number of rotatable bonds is 3. The Hall–Kier alpha value is -0.610. The molecule has 0 aliphatic carbocycles. The van der Waals surface area contributed by atoms with E-state index in [1.807, 2.05) is 0 Å². The Kier molecular flexibility index (Phi) is 3.03. The third-order valence-electron chi connectivity index (χ3n) is 3.37. The molecule has 80 valence electrons. The summed E-state index contributed by atoms with van der Waals surface area (Å²) in [6.45, 7) is 3.77. The first kappa shape index (κ1) is 9.93. The van der Waals surface area contributed by atoms with Crippen LogP contribution >= 0.6 is 0 Å². The minimum atomic E-state index is 0.251. The third kappa shape index (κ3) is 1.77. The summed E-state index contributed by atoms with van der Waals surface area (Å²) < 4.78 is 0. The van der Waals surface area contributed by atoms with Crippen LogP contribution in [-0.2, 0) is 4.79 Å². The van der Waals surface area contributed by atoms with Gasteiger partial charge in [0.15, 0.2) is 0 Å². The normalized spacial score (nSPS) is 32.8. The van der Waals surface area contributed by atoms with Gasteiger partial charge in [-0.15, -0.1) is 0 Å². The molecular weight excluding hydrogens is 178 g/mol. The van der Waals surface area contributed by atoms with E-state index < -0.39 is 0 Å². The lowest BCUT2D eigenvalue weighted by Gasteiger charge is -2.35. The molecule has 2 atom stereocenters. The number of fused-ring (bicyclic) bond motifs is 1. The summed E-state index contributed by atoms with van der Waals surface area (Å²) in [6, 6.07) is 0.447. The van der Waals surface area contributed by atoms with Crippen molar-refractivity contribution in [3.8, 4) is 0 Å². The van der Waals surface area contributed by atoms with E-state index in [2.05, 4.69) is 10.2 Å². The van der Waals surface area contributed by atoms with Crippen LogP contribution in [-0.4, -0.2) is 43.0 Å². The highest BCUT2D eigenvalue weighted by Gasteiger charge is 2.40. The minimum absolute atomic E-state index is 0.251. The molecule has 0 saturated carbocycles. The first-order chi connectivity index (χ1) is 6.83. The maximum Gasteiger partial charge on any atom is 0.224 e. The Bertz CT molecular complexity index is 219. The largest absolute Gasteiger partial charge is 0.354 e. The van der Waals surface area contributed by atoms with Gasteiger partial charge in [-0.25, -0.2) is 0 Å². The predicted molar refractivity (Wildman–Crippen MR) is 54.8 cm³/mol. The number of nitrogens with one attached hydrogen (secondary N) is 1. The number of hydrogen-bond acceptors (Lipinski definition) is 3. The highest BCUT2D eigenvalue weighted by molar-refractivity contribution is 5.82. The quantitative estimate of drug-likeness (QED) is 0.644. The summed E-state index contributed by atoms with van der Waals surface area (Å²) in [6.07, 6.45) is 3.26. The molecule has 2 unspecified atom stereocenters. The second-order valence-electron chi connectivity index (χ2n) is 4.24. The SMILES string of the molecule is NCCCN1CCCC2C(=O)NCC21. The fraction of sp³-hybridized carbons (Fsp3) is 0.900. The van der Waals surface area contributed by atoms with Crippen LogP contribution in [0.2, 0.25) is 0 Å². The van der Waals surface area contributed by atoms with Crippen LogP contribution in [0.5, 0.6) is 0 Å². The average molecular weight is 197 g/mol. The standard InChI is InChI=1S/C10H19N3O/c11-4-2-6-13-5-1-3-8-9(13)7-12-10(8)14/h8-9H,1-7,11H2,(H,12,14). The summed E-state index contributed by atoms with van der Waals surface area (Å²) >= 11 is 0. The van der Waals surface area contributed by atoms with Crippen molar-refractivity contribution < 1.29 is 4.79 Å². The van der Waals surface area contributed by atoms with Crippen molar-refractivity contribution in [2.75, 3.05) is 26.2 Å². The van der Waals surface area contributed by atoms with Crippen LogP contribution in [0.4, 0.5) is 0 Å². The molecule has 2 fully saturated rings. The minimum Gasteiger partial charge on any atom is -0.354 e. The molecule has 0 aromatic heterocycles. The highest BCUT2D eigenvalue weighted by Crippen LogP contribution is 2.27. The molecule has 0 radical (unpaired) electrons. The molecule has 4 nitrogen and oxygen atoms in total. The molecule has 0 aromatic rings. The summed E-state index contributed by atoms with van der Waals surface area (Å²) in [5, 5.41) is 2.96. The lowest BCUT2D eigenvalue weighted by atomic mass is 9.91. The van der Waals surface area contributed by atoms with E-state index in [0.29, 0.717) is 6.04 Å². The molecular formula is C10H19N3O. The molecule has 1 amide bonds. The maximum absolute atomic E-state index is 11.5. The molecule has 14 heavy (non-hydrogen) atoms. The summed E-state index contributed by atoms with van der Waals surface area (Å²) in [5.41, 5.74) is 5.50. The second kappa shape index (κ2) is 4.28. The summed E-state index contributed by atoms with van der Waals surface area (Å²) in [4.78, 5) is 13.9. The molecule has 3 N–H and O–H groups in total. The van der Waals surface area contributed by atoms with Crippen LogP contribution in [0.15, 0.2) is 0 Å². The number of piperidine rings is 1. The van der Waals surface area contributed by atoms with E-state index in [1.54, 1.807) is 0 Å². The molecule has 2 rings (SSSR count). The van der Waals surface area contributed by atoms with E-state index in [4.69, 9.17) is 5.73 Å². The molecule has 2 saturated heterocycles. The van der Waals surface area contributed by atoms with Crippen molar-refractivity contribution in [2.45, 2.75) is 25.3 Å². The van der Waals surface area contributed by atoms with E-state index in [1.165, 1.54) is 0 Å². The molecule has 2 heterocycles. The Labute approximate surface area is 84.8 Å². The summed E-state index contributed by atoms with van der Waals surface area (Å²) in [5.74, 6) is 0.508. The van der Waals surface area contributed by atoms with Crippen molar-refractivity contribution in [2.24, 2.45) is 11.7 Å². The van der Waals surface area contributed by atoms with E-state index in [9.17, 15) is 4.79 Å². The number of hydrogen-bond donors (Lipinski definition) is 2. The van der Waals surface area contributed by atoms with Gasteiger partial charge in [-0.1, -0.05) is 0 Å². The van der Waals surface area contributed by atoms with Gasteiger partial charge in [0.25, 0.3) is 0 Å². The molecule has 2 aliphatic heterocycles. The van der Waals surface area contributed by atoms with E-state index >= 15 is 0 Å². The van der Waals surface area contributed by atoms with Gasteiger partial charge in [-0.05, 0) is 38.9 Å². The van der Waals surface area contributed by atoms with Gasteiger partial charge >= 0.3 is 0 Å². The number of amides is 1. The zero-order valence-corrected chi connectivity index (χ0v) is 8.54. The zero-order valence-electron chi connectivity index (χ0n) is 8.54. The second-order valence-corrected chi connectivity index (χ2v) is 4.24. The van der Waals surface area contributed by atoms with Gasteiger partial charge in [0.2, 0.25) is 5.91 Å². The van der Waals surface area contributed by atoms with Crippen molar-refractivity contribution >= 4 is 5.91 Å². The van der Waals surface area contributed by atoms with Crippen LogP contribution in [0.3, 0.4) is 0 Å². The molecule has 2 aliphatic rings. The first-order valence-corrected chi connectivity index (χ1v) is 5.55. The fourth-order valence-corrected chi connectivity index (χ4v) is 2.61. The van der Waals surface area contributed by atoms with Crippen LogP contribution in [0.1, 0.15) is 19.3 Å². The number of likely N-dealkylation sites (tertiary alicyclic amines) is 1. The van der Waals surface area contributed by atoms with Crippen molar-refractivity contribution in [3.05, 3.63) is 0 Å². The molecule has 0 spiro atoms. The van der Waals surface area contributed by atoms with Crippen LogP contribution in [0, 0.1) is 5.92 Å². The predicted octanol–water partition coefficient (Wildman–Crippen LogP) is -0.454. The Balaban J connectivity index is 1.94. The molecule has 0 aromatic carbocycles. The van der Waals surface area contributed by atoms with E-state index in [-0.39, 0.29) is 11.8 Å². The van der Waals surface area contributed by atoms with Gasteiger partial charge in [0, 0.05) is 12.6 Å². The topological polar surface area (TPSA) is 58.4 Å². The van der Waals surface area contributed by atoms with E-state index in [0.717, 1.165) is 45.4 Å². The van der Waals surface area contributed by atoms with Gasteiger partial charge in [0.1, 0.15) is 0 Å². The lowest BCUT2D eigenvalue weighted by molar-refractivity contribution is -0.124. The van der Waals surface area contributed by atoms with Crippen molar-refractivity contribution in [1.29, 1.82) is 0 Å². The van der Waals surface area contributed by atoms with Crippen molar-refractivity contribution in [3.63, 3.8) is 0 Å². The maximum atomic E-state index is 11.5. The molecule has 4 heteroatoms. The monoisotopic (exact) mass is 197 g/mol. The van der Waals surface area contributed by atoms with Gasteiger partial charge < -0.3 is 11.1 Å². The Morgan fingerprint density at radius 2 is 2.43 bits per heavy atom. The third-order valence-corrected chi connectivity index (χ3v) is 3.37. The van der Waals surface area contributed by atoms with Gasteiger partial charge in [-0.2, -0.15) is 0 Å². The first-order valence-electron chi connectivity index (χ1n) is 5.55. The van der Waals surface area contributed by atoms with Crippen LogP contribution in [0.25, 0.3) is 0 Å². The van der Waals surface area contributed by atoms with Crippen LogP contribution < -0.4 is 11.1 Å². The number of carbonyl (C=O) groups excluding carboxylic acids is 1. The van der Waals surface area contributed by atoms with Crippen molar-refractivity contribution in [1.82, 2.24) is 10.2 Å². The number of nitrogens with two attached hydrogens (primary N) is 1. The Morgan fingerprint density at radius 3 is 3.21 bits per heavy atom. The number of nitrogens with zero attached hydrogens (tertiary/aromatic N) is 1. The Morgan fingerprint density at radius 1 is 1.57 bits per heavy atom.